The normalized spacial score (nSPS) is 14.7. The molecule has 0 atom stereocenters. The van der Waals surface area contributed by atoms with Gasteiger partial charge in [0.25, 0.3) is 5.91 Å². The smallest absolute Gasteiger partial charge is 0.252 e. The number of ether oxygens (including phenoxy) is 2. The highest BCUT2D eigenvalue weighted by molar-refractivity contribution is 7.08. The maximum atomic E-state index is 12.5. The Morgan fingerprint density at radius 1 is 1.10 bits per heavy atom. The number of benzene rings is 1. The van der Waals surface area contributed by atoms with Gasteiger partial charge in [-0.05, 0) is 35.2 Å². The minimum atomic E-state index is -0.0367. The van der Waals surface area contributed by atoms with Crippen molar-refractivity contribution < 1.29 is 19.1 Å². The number of rotatable bonds is 8. The van der Waals surface area contributed by atoms with E-state index >= 15 is 0 Å². The molecule has 0 saturated carbocycles. The van der Waals surface area contributed by atoms with Crippen LogP contribution < -0.4 is 14.8 Å². The maximum absolute atomic E-state index is 12.5. The summed E-state index contributed by atoms with van der Waals surface area (Å²) in [5.74, 6) is 1.25. The zero-order chi connectivity index (χ0) is 21.3. The molecule has 1 aromatic carbocycles. The molecular formula is C22H27N3O4S. The van der Waals surface area contributed by atoms with Crippen molar-refractivity contribution in [3.63, 3.8) is 0 Å². The van der Waals surface area contributed by atoms with Crippen molar-refractivity contribution in [1.29, 1.82) is 0 Å². The number of nitrogens with zero attached hydrogens (tertiary/aromatic N) is 2. The topological polar surface area (TPSA) is 71.1 Å². The number of carbonyl (C=O) groups is 2. The first kappa shape index (κ1) is 21.9. The summed E-state index contributed by atoms with van der Waals surface area (Å²) < 4.78 is 10.5. The van der Waals surface area contributed by atoms with Gasteiger partial charge in [-0.1, -0.05) is 6.07 Å². The van der Waals surface area contributed by atoms with E-state index in [0.717, 1.165) is 25.2 Å². The van der Waals surface area contributed by atoms with E-state index in [2.05, 4.69) is 10.2 Å². The van der Waals surface area contributed by atoms with Gasteiger partial charge in [0.15, 0.2) is 11.5 Å². The number of methoxy groups -OCH3 is 2. The fraction of sp³-hybridized carbons (Fsp3) is 0.364. The van der Waals surface area contributed by atoms with Crippen LogP contribution in [0.4, 0.5) is 0 Å². The second kappa shape index (κ2) is 10.8. The second-order valence-electron chi connectivity index (χ2n) is 6.88. The molecule has 1 aromatic heterocycles. The Balaban J connectivity index is 1.41. The summed E-state index contributed by atoms with van der Waals surface area (Å²) in [5.41, 5.74) is 1.58. The Labute approximate surface area is 180 Å². The van der Waals surface area contributed by atoms with Gasteiger partial charge in [0.2, 0.25) is 5.91 Å². The molecule has 1 N–H and O–H groups in total. The van der Waals surface area contributed by atoms with Crippen molar-refractivity contribution in [2.75, 3.05) is 53.5 Å². The highest BCUT2D eigenvalue weighted by Gasteiger charge is 2.19. The van der Waals surface area contributed by atoms with Crippen LogP contribution in [0.3, 0.4) is 0 Å². The van der Waals surface area contributed by atoms with Crippen molar-refractivity contribution in [2.24, 2.45) is 0 Å². The third-order valence-corrected chi connectivity index (χ3v) is 5.69. The average Bonchev–Trinajstić information content (AvgIpc) is 3.32. The second-order valence-corrected chi connectivity index (χ2v) is 7.66. The first-order chi connectivity index (χ1) is 14.6. The fourth-order valence-corrected chi connectivity index (χ4v) is 3.88. The number of thiophene rings is 1. The molecule has 1 aliphatic rings. The minimum absolute atomic E-state index is 0.00445. The van der Waals surface area contributed by atoms with Gasteiger partial charge in [0, 0.05) is 56.3 Å². The van der Waals surface area contributed by atoms with Crippen LogP contribution in [-0.2, 0) is 4.79 Å². The first-order valence-corrected chi connectivity index (χ1v) is 10.8. The highest BCUT2D eigenvalue weighted by atomic mass is 32.1. The molecule has 2 amide bonds. The third kappa shape index (κ3) is 5.84. The molecule has 1 saturated heterocycles. The molecule has 1 aliphatic heterocycles. The fourth-order valence-electron chi connectivity index (χ4n) is 3.24. The number of carbonyl (C=O) groups excluding carboxylic acids is 2. The van der Waals surface area contributed by atoms with Crippen molar-refractivity contribution in [3.05, 3.63) is 52.2 Å². The molecule has 3 rings (SSSR count). The number of hydrogen-bond donors (Lipinski definition) is 1. The average molecular weight is 430 g/mol. The van der Waals surface area contributed by atoms with Crippen LogP contribution in [0.5, 0.6) is 11.5 Å². The first-order valence-electron chi connectivity index (χ1n) is 9.82. The maximum Gasteiger partial charge on any atom is 0.252 e. The lowest BCUT2D eigenvalue weighted by Crippen LogP contribution is -2.49. The van der Waals surface area contributed by atoms with Gasteiger partial charge in [-0.2, -0.15) is 11.3 Å². The molecule has 0 spiro atoms. The summed E-state index contributed by atoms with van der Waals surface area (Å²) >= 11 is 1.51. The lowest BCUT2D eigenvalue weighted by Gasteiger charge is -2.34. The Bertz CT molecular complexity index is 875. The number of piperazine rings is 1. The molecule has 8 heteroatoms. The molecule has 0 unspecified atom stereocenters. The molecule has 2 aromatic rings. The van der Waals surface area contributed by atoms with Crippen LogP contribution in [0.25, 0.3) is 6.08 Å². The van der Waals surface area contributed by atoms with Gasteiger partial charge in [-0.15, -0.1) is 0 Å². The molecule has 2 heterocycles. The van der Waals surface area contributed by atoms with Crippen LogP contribution in [0, 0.1) is 0 Å². The van der Waals surface area contributed by atoms with Gasteiger partial charge in [-0.25, -0.2) is 0 Å². The summed E-state index contributed by atoms with van der Waals surface area (Å²) in [6.07, 6.45) is 3.38. The predicted octanol–water partition coefficient (Wildman–Crippen LogP) is 2.35. The summed E-state index contributed by atoms with van der Waals surface area (Å²) in [6, 6.07) is 7.36. The molecule has 160 valence electrons. The van der Waals surface area contributed by atoms with Gasteiger partial charge in [-0.3, -0.25) is 14.5 Å². The van der Waals surface area contributed by atoms with E-state index in [1.807, 2.05) is 39.9 Å². The Morgan fingerprint density at radius 2 is 1.87 bits per heavy atom. The van der Waals surface area contributed by atoms with E-state index in [9.17, 15) is 9.59 Å². The Hall–Kier alpha value is -2.84. The van der Waals surface area contributed by atoms with Crippen molar-refractivity contribution >= 4 is 29.2 Å². The third-order valence-electron chi connectivity index (χ3n) is 5.01. The van der Waals surface area contributed by atoms with E-state index in [0.29, 0.717) is 36.7 Å². The van der Waals surface area contributed by atoms with Crippen LogP contribution >= 0.6 is 11.3 Å². The van der Waals surface area contributed by atoms with Gasteiger partial charge in [0.1, 0.15) is 0 Å². The SMILES string of the molecule is COc1ccc(/C=C/C(=O)N2CCN(CCNC(=O)c3ccsc3)CC2)cc1OC. The Kier molecular flexibility index (Phi) is 7.87. The van der Waals surface area contributed by atoms with Gasteiger partial charge < -0.3 is 19.7 Å². The van der Waals surface area contributed by atoms with E-state index in [1.165, 1.54) is 11.3 Å². The van der Waals surface area contributed by atoms with Gasteiger partial charge >= 0.3 is 0 Å². The monoisotopic (exact) mass is 429 g/mol. The standard InChI is InChI=1S/C22H27N3O4S/c1-28-19-5-3-17(15-20(19)29-2)4-6-21(26)25-12-10-24(11-13-25)9-8-23-22(27)18-7-14-30-16-18/h3-7,14-16H,8-13H2,1-2H3,(H,23,27)/b6-4+. The molecule has 30 heavy (non-hydrogen) atoms. The molecule has 0 bridgehead atoms. The summed E-state index contributed by atoms with van der Waals surface area (Å²) in [6.45, 7) is 4.32. The molecular weight excluding hydrogens is 402 g/mol. The number of nitrogens with one attached hydrogen (secondary N) is 1. The molecule has 0 radical (unpaired) electrons. The number of hydrogen-bond acceptors (Lipinski definition) is 6. The van der Waals surface area contributed by atoms with E-state index in [4.69, 9.17) is 9.47 Å². The Morgan fingerprint density at radius 3 is 2.53 bits per heavy atom. The summed E-state index contributed by atoms with van der Waals surface area (Å²) in [4.78, 5) is 28.6. The van der Waals surface area contributed by atoms with E-state index in [-0.39, 0.29) is 11.8 Å². The van der Waals surface area contributed by atoms with E-state index < -0.39 is 0 Å². The molecule has 0 aliphatic carbocycles. The lowest BCUT2D eigenvalue weighted by molar-refractivity contribution is -0.127. The minimum Gasteiger partial charge on any atom is -0.493 e. The van der Waals surface area contributed by atoms with Crippen LogP contribution in [0.1, 0.15) is 15.9 Å². The molecule has 1 fully saturated rings. The van der Waals surface area contributed by atoms with Crippen molar-refractivity contribution in [3.8, 4) is 11.5 Å². The molecule has 7 nitrogen and oxygen atoms in total. The lowest BCUT2D eigenvalue weighted by atomic mass is 10.2. The van der Waals surface area contributed by atoms with E-state index in [1.54, 1.807) is 26.4 Å². The summed E-state index contributed by atoms with van der Waals surface area (Å²) in [5, 5.41) is 6.67. The predicted molar refractivity (Wildman–Crippen MR) is 118 cm³/mol. The largest absolute Gasteiger partial charge is 0.493 e. The van der Waals surface area contributed by atoms with Crippen molar-refractivity contribution in [2.45, 2.75) is 0 Å². The quantitative estimate of drug-likeness (QED) is 0.653. The van der Waals surface area contributed by atoms with Crippen LogP contribution in [0.2, 0.25) is 0 Å². The van der Waals surface area contributed by atoms with Crippen LogP contribution in [-0.4, -0.2) is 75.1 Å². The van der Waals surface area contributed by atoms with Crippen molar-refractivity contribution in [1.82, 2.24) is 15.1 Å². The number of amides is 2. The zero-order valence-electron chi connectivity index (χ0n) is 17.3. The summed E-state index contributed by atoms with van der Waals surface area (Å²) in [7, 11) is 3.18. The van der Waals surface area contributed by atoms with Gasteiger partial charge in [0.05, 0.1) is 14.2 Å². The highest BCUT2D eigenvalue weighted by Crippen LogP contribution is 2.28. The van der Waals surface area contributed by atoms with Crippen LogP contribution in [0.15, 0.2) is 41.1 Å². The zero-order valence-corrected chi connectivity index (χ0v) is 18.1.